The van der Waals surface area contributed by atoms with Crippen LogP contribution in [-0.4, -0.2) is 40.8 Å². The molecule has 21 heavy (non-hydrogen) atoms. The lowest BCUT2D eigenvalue weighted by Crippen LogP contribution is -2.36. The fourth-order valence-electron chi connectivity index (χ4n) is 1.79. The van der Waals surface area contributed by atoms with E-state index in [1.165, 1.54) is 36.0 Å². The third kappa shape index (κ3) is 5.75. The van der Waals surface area contributed by atoms with Crippen LogP contribution in [0.2, 0.25) is 0 Å². The van der Waals surface area contributed by atoms with Crippen LogP contribution in [0.3, 0.4) is 0 Å². The molecule has 2 amide bonds. The molecule has 6 heteroatoms. The molecule has 0 bridgehead atoms. The molecule has 0 spiro atoms. The predicted molar refractivity (Wildman–Crippen MR) is 84.9 cm³/mol. The van der Waals surface area contributed by atoms with Crippen LogP contribution in [0.4, 0.5) is 10.1 Å². The van der Waals surface area contributed by atoms with E-state index in [4.69, 9.17) is 0 Å². The summed E-state index contributed by atoms with van der Waals surface area (Å²) >= 11 is 1.30. The van der Waals surface area contributed by atoms with Crippen molar-refractivity contribution in [3.63, 3.8) is 0 Å². The SMILES string of the molecule is CCN(CC)C(=O)C(C)SCC(=O)Nc1ccc(F)cc1. The largest absolute Gasteiger partial charge is 0.342 e. The van der Waals surface area contributed by atoms with Gasteiger partial charge in [0.25, 0.3) is 0 Å². The summed E-state index contributed by atoms with van der Waals surface area (Å²) in [5.41, 5.74) is 0.546. The van der Waals surface area contributed by atoms with E-state index in [9.17, 15) is 14.0 Å². The molecule has 1 rings (SSSR count). The smallest absolute Gasteiger partial charge is 0.235 e. The Morgan fingerprint density at radius 3 is 2.33 bits per heavy atom. The Kier molecular flexibility index (Phi) is 7.22. The number of halogens is 1. The second kappa shape index (κ2) is 8.67. The minimum absolute atomic E-state index is 0.0413. The van der Waals surface area contributed by atoms with Gasteiger partial charge in [0.2, 0.25) is 11.8 Å². The Hall–Kier alpha value is -1.56. The summed E-state index contributed by atoms with van der Waals surface area (Å²) in [7, 11) is 0. The lowest BCUT2D eigenvalue weighted by molar-refractivity contribution is -0.129. The predicted octanol–water partition coefficient (Wildman–Crippen LogP) is 2.75. The summed E-state index contributed by atoms with van der Waals surface area (Å²) < 4.78 is 12.8. The molecular formula is C15H21FN2O2S. The van der Waals surface area contributed by atoms with Crippen molar-refractivity contribution in [3.8, 4) is 0 Å². The van der Waals surface area contributed by atoms with Crippen LogP contribution in [0.1, 0.15) is 20.8 Å². The molecule has 0 fully saturated rings. The Balaban J connectivity index is 2.42. The van der Waals surface area contributed by atoms with Crippen LogP contribution in [0.25, 0.3) is 0 Å². The highest BCUT2D eigenvalue weighted by Gasteiger charge is 2.19. The molecule has 4 nitrogen and oxygen atoms in total. The molecule has 1 aromatic rings. The van der Waals surface area contributed by atoms with Gasteiger partial charge in [0, 0.05) is 18.8 Å². The van der Waals surface area contributed by atoms with Crippen LogP contribution >= 0.6 is 11.8 Å². The van der Waals surface area contributed by atoms with E-state index < -0.39 is 0 Å². The first-order valence-corrected chi connectivity index (χ1v) is 7.98. The summed E-state index contributed by atoms with van der Waals surface area (Å²) in [6, 6.07) is 5.58. The van der Waals surface area contributed by atoms with Gasteiger partial charge in [-0.2, -0.15) is 0 Å². The van der Waals surface area contributed by atoms with E-state index in [0.29, 0.717) is 18.8 Å². The molecule has 1 N–H and O–H groups in total. The minimum atomic E-state index is -0.346. The third-order valence-corrected chi connectivity index (χ3v) is 4.15. The van der Waals surface area contributed by atoms with Crippen molar-refractivity contribution in [2.45, 2.75) is 26.0 Å². The summed E-state index contributed by atoms with van der Waals surface area (Å²) in [4.78, 5) is 25.6. The molecule has 0 aliphatic rings. The highest BCUT2D eigenvalue weighted by atomic mass is 32.2. The van der Waals surface area contributed by atoms with E-state index in [2.05, 4.69) is 5.32 Å². The van der Waals surface area contributed by atoms with Gasteiger partial charge in [-0.1, -0.05) is 0 Å². The number of hydrogen-bond acceptors (Lipinski definition) is 3. The maximum absolute atomic E-state index is 12.8. The van der Waals surface area contributed by atoms with E-state index in [1.807, 2.05) is 13.8 Å². The molecule has 1 aromatic carbocycles. The Labute approximate surface area is 129 Å². The number of nitrogens with one attached hydrogen (secondary N) is 1. The lowest BCUT2D eigenvalue weighted by atomic mass is 10.3. The van der Waals surface area contributed by atoms with Crippen molar-refractivity contribution in [1.29, 1.82) is 0 Å². The van der Waals surface area contributed by atoms with Crippen LogP contribution in [0.15, 0.2) is 24.3 Å². The number of amides is 2. The van der Waals surface area contributed by atoms with Crippen molar-refractivity contribution in [3.05, 3.63) is 30.1 Å². The Morgan fingerprint density at radius 1 is 1.24 bits per heavy atom. The fraction of sp³-hybridized carbons (Fsp3) is 0.467. The van der Waals surface area contributed by atoms with Gasteiger partial charge >= 0.3 is 0 Å². The Morgan fingerprint density at radius 2 is 1.81 bits per heavy atom. The Bertz CT molecular complexity index is 475. The number of carbonyl (C=O) groups excluding carboxylic acids is 2. The summed E-state index contributed by atoms with van der Waals surface area (Å²) in [5.74, 6) is -0.322. The van der Waals surface area contributed by atoms with E-state index in [1.54, 1.807) is 11.8 Å². The molecule has 0 heterocycles. The first-order chi connectivity index (χ1) is 9.97. The van der Waals surface area contributed by atoms with Crippen LogP contribution in [0.5, 0.6) is 0 Å². The zero-order valence-electron chi connectivity index (χ0n) is 12.6. The maximum Gasteiger partial charge on any atom is 0.235 e. The second-order valence-electron chi connectivity index (χ2n) is 4.52. The monoisotopic (exact) mass is 312 g/mol. The molecule has 0 radical (unpaired) electrons. The minimum Gasteiger partial charge on any atom is -0.342 e. The van der Waals surface area contributed by atoms with Gasteiger partial charge < -0.3 is 10.2 Å². The molecule has 0 saturated heterocycles. The van der Waals surface area contributed by atoms with Crippen molar-refractivity contribution in [1.82, 2.24) is 4.90 Å². The zero-order valence-corrected chi connectivity index (χ0v) is 13.4. The molecule has 1 atom stereocenters. The molecular weight excluding hydrogens is 291 g/mol. The van der Waals surface area contributed by atoms with E-state index in [-0.39, 0.29) is 28.6 Å². The lowest BCUT2D eigenvalue weighted by Gasteiger charge is -2.22. The van der Waals surface area contributed by atoms with Gasteiger partial charge in [0.15, 0.2) is 0 Å². The molecule has 116 valence electrons. The average Bonchev–Trinajstić information content (AvgIpc) is 2.48. The van der Waals surface area contributed by atoms with Crippen molar-refractivity contribution in [2.75, 3.05) is 24.2 Å². The van der Waals surface area contributed by atoms with E-state index in [0.717, 1.165) is 0 Å². The molecule has 0 saturated carbocycles. The number of carbonyl (C=O) groups is 2. The number of rotatable bonds is 7. The third-order valence-electron chi connectivity index (χ3n) is 3.02. The van der Waals surface area contributed by atoms with Crippen LogP contribution < -0.4 is 5.32 Å². The molecule has 0 aliphatic heterocycles. The average molecular weight is 312 g/mol. The van der Waals surface area contributed by atoms with Gasteiger partial charge in [-0.05, 0) is 45.0 Å². The molecule has 0 aromatic heterocycles. The van der Waals surface area contributed by atoms with Gasteiger partial charge in [0.05, 0.1) is 11.0 Å². The van der Waals surface area contributed by atoms with Crippen LogP contribution in [0, 0.1) is 5.82 Å². The van der Waals surface area contributed by atoms with E-state index >= 15 is 0 Å². The highest BCUT2D eigenvalue weighted by molar-refractivity contribution is 8.01. The van der Waals surface area contributed by atoms with Crippen molar-refractivity contribution in [2.24, 2.45) is 0 Å². The van der Waals surface area contributed by atoms with Crippen molar-refractivity contribution < 1.29 is 14.0 Å². The summed E-state index contributed by atoms with van der Waals surface area (Å²) in [6.45, 7) is 7.00. The first kappa shape index (κ1) is 17.5. The summed E-state index contributed by atoms with van der Waals surface area (Å²) in [6.07, 6.45) is 0. The number of hydrogen-bond donors (Lipinski definition) is 1. The molecule has 1 unspecified atom stereocenters. The van der Waals surface area contributed by atoms with Gasteiger partial charge in [0.1, 0.15) is 5.82 Å². The van der Waals surface area contributed by atoms with Gasteiger partial charge in [-0.15, -0.1) is 11.8 Å². The topological polar surface area (TPSA) is 49.4 Å². The zero-order chi connectivity index (χ0) is 15.8. The highest BCUT2D eigenvalue weighted by Crippen LogP contribution is 2.15. The quantitative estimate of drug-likeness (QED) is 0.842. The number of benzene rings is 1. The summed E-state index contributed by atoms with van der Waals surface area (Å²) in [5, 5.41) is 2.41. The second-order valence-corrected chi connectivity index (χ2v) is 5.85. The molecule has 0 aliphatic carbocycles. The maximum atomic E-state index is 12.8. The normalized spacial score (nSPS) is 11.8. The standard InChI is InChI=1S/C15H21FN2O2S/c1-4-18(5-2)15(20)11(3)21-10-14(19)17-13-8-6-12(16)7-9-13/h6-9,11H,4-5,10H2,1-3H3,(H,17,19). The first-order valence-electron chi connectivity index (χ1n) is 6.93. The number of nitrogens with zero attached hydrogens (tertiary/aromatic N) is 1. The van der Waals surface area contributed by atoms with Gasteiger partial charge in [-0.25, -0.2) is 4.39 Å². The number of anilines is 1. The fourth-order valence-corrected chi connectivity index (χ4v) is 2.56. The van der Waals surface area contributed by atoms with Crippen molar-refractivity contribution >= 4 is 29.3 Å². The number of thioether (sulfide) groups is 1. The van der Waals surface area contributed by atoms with Gasteiger partial charge in [-0.3, -0.25) is 9.59 Å². The van der Waals surface area contributed by atoms with Crippen LogP contribution in [-0.2, 0) is 9.59 Å².